The first kappa shape index (κ1) is 24.8. The summed E-state index contributed by atoms with van der Waals surface area (Å²) in [6, 6.07) is 10.2. The zero-order valence-corrected chi connectivity index (χ0v) is 22.8. The number of carbonyl (C=O) groups is 2. The summed E-state index contributed by atoms with van der Waals surface area (Å²) < 4.78 is 5.97. The molecule has 2 fully saturated rings. The second-order valence-electron chi connectivity index (χ2n) is 11.6. The molecule has 1 N–H and O–H groups in total. The first-order valence-corrected chi connectivity index (χ1v) is 15.1. The Balaban J connectivity index is 1.39. The van der Waals surface area contributed by atoms with Gasteiger partial charge in [0.05, 0.1) is 12.1 Å². The van der Waals surface area contributed by atoms with Crippen LogP contribution in [0.15, 0.2) is 42.0 Å². The van der Waals surface area contributed by atoms with Gasteiger partial charge in [-0.2, -0.15) is 0 Å². The molecule has 2 heterocycles. The van der Waals surface area contributed by atoms with Gasteiger partial charge in [-0.3, -0.25) is 9.59 Å². The Morgan fingerprint density at radius 1 is 1.03 bits per heavy atom. The number of esters is 1. The van der Waals surface area contributed by atoms with E-state index in [4.69, 9.17) is 9.72 Å². The molecule has 3 unspecified atom stereocenters. The summed E-state index contributed by atoms with van der Waals surface area (Å²) in [6.07, 6.45) is 10.8. The quantitative estimate of drug-likeness (QED) is 0.425. The molecular formula is C31H38N2O3S. The molecule has 3 aliphatic carbocycles. The number of aromatic nitrogens is 1. The Bertz CT molecular complexity index is 1190. The van der Waals surface area contributed by atoms with Gasteiger partial charge in [0, 0.05) is 28.3 Å². The van der Waals surface area contributed by atoms with Gasteiger partial charge in [-0.25, -0.2) is 4.98 Å². The lowest BCUT2D eigenvalue weighted by atomic mass is 9.67. The number of anilines is 2. The molecule has 4 aliphatic rings. The molecule has 196 valence electrons. The zero-order valence-electron chi connectivity index (χ0n) is 21.9. The summed E-state index contributed by atoms with van der Waals surface area (Å²) in [6.45, 7) is 4.18. The molecular weight excluding hydrogens is 480 g/mol. The number of carbonyl (C=O) groups excluding carboxylic acids is 2. The maximum Gasteiger partial charge on any atom is 0.306 e. The summed E-state index contributed by atoms with van der Waals surface area (Å²) in [5.74, 6) is 1.33. The Morgan fingerprint density at radius 3 is 2.65 bits per heavy atom. The van der Waals surface area contributed by atoms with Gasteiger partial charge < -0.3 is 10.1 Å². The monoisotopic (exact) mass is 518 g/mol. The number of para-hydroxylation sites is 1. The first-order chi connectivity index (χ1) is 18.0. The van der Waals surface area contributed by atoms with Crippen molar-refractivity contribution in [1.29, 1.82) is 0 Å². The number of hydrogen-bond acceptors (Lipinski definition) is 6. The molecule has 0 radical (unpaired) electrons. The van der Waals surface area contributed by atoms with Crippen molar-refractivity contribution in [3.63, 3.8) is 0 Å². The van der Waals surface area contributed by atoms with E-state index in [1.807, 2.05) is 18.2 Å². The fraction of sp³-hybridized carbons (Fsp3) is 0.581. The Hall–Kier alpha value is -2.47. The van der Waals surface area contributed by atoms with Gasteiger partial charge in [-0.15, -0.1) is 11.3 Å². The number of rotatable bonds is 3. The minimum absolute atomic E-state index is 0.00554. The molecule has 0 amide bonds. The van der Waals surface area contributed by atoms with Crippen LogP contribution in [0.1, 0.15) is 94.0 Å². The molecule has 1 aromatic carbocycles. The molecule has 2 aromatic rings. The number of ketones is 1. The largest absolute Gasteiger partial charge is 0.462 e. The van der Waals surface area contributed by atoms with Gasteiger partial charge in [0.1, 0.15) is 6.10 Å². The lowest BCUT2D eigenvalue weighted by Crippen LogP contribution is -2.32. The molecule has 1 aromatic heterocycles. The third-order valence-electron chi connectivity index (χ3n) is 9.33. The number of Topliss-reactive ketones (excluding diaryl/α,β-unsaturated/α-hetero) is 1. The summed E-state index contributed by atoms with van der Waals surface area (Å²) in [5, 5.41) is 4.43. The third-order valence-corrected chi connectivity index (χ3v) is 10.4. The van der Waals surface area contributed by atoms with Crippen molar-refractivity contribution in [1.82, 2.24) is 4.98 Å². The third kappa shape index (κ3) is 4.67. The van der Waals surface area contributed by atoms with Crippen molar-refractivity contribution in [3.05, 3.63) is 52.6 Å². The van der Waals surface area contributed by atoms with E-state index in [9.17, 15) is 9.59 Å². The van der Waals surface area contributed by atoms with E-state index in [1.165, 1.54) is 24.1 Å². The number of fused-ring (bicyclic) bond motifs is 8. The predicted octanol–water partition coefficient (Wildman–Crippen LogP) is 7.53. The van der Waals surface area contributed by atoms with E-state index < -0.39 is 0 Å². The van der Waals surface area contributed by atoms with Crippen molar-refractivity contribution in [2.24, 2.45) is 23.7 Å². The number of cyclic esters (lactones) is 1. The van der Waals surface area contributed by atoms with E-state index in [1.54, 1.807) is 11.3 Å². The lowest BCUT2D eigenvalue weighted by Gasteiger charge is -2.37. The first-order valence-electron chi connectivity index (χ1n) is 14.3. The Labute approximate surface area is 224 Å². The van der Waals surface area contributed by atoms with Gasteiger partial charge in [0.25, 0.3) is 0 Å². The van der Waals surface area contributed by atoms with Crippen LogP contribution in [0.2, 0.25) is 0 Å². The molecule has 1 saturated carbocycles. The van der Waals surface area contributed by atoms with Gasteiger partial charge in [-0.1, -0.05) is 51.0 Å². The normalized spacial score (nSPS) is 33.7. The zero-order chi connectivity index (χ0) is 25.5. The van der Waals surface area contributed by atoms with Crippen molar-refractivity contribution in [2.45, 2.75) is 89.6 Å². The SMILES string of the molecule is CC[C@H]1CCCC[C@@H](C)C(=O)C2=CC3C(c4nc(Nc5ccccc5)sc4C4CCC[C@H]43)[C@@H]2CC(=O)O1. The highest BCUT2D eigenvalue weighted by molar-refractivity contribution is 7.15. The molecule has 6 heteroatoms. The molecule has 0 bridgehead atoms. The predicted molar refractivity (Wildman–Crippen MR) is 147 cm³/mol. The van der Waals surface area contributed by atoms with E-state index in [2.05, 4.69) is 37.4 Å². The van der Waals surface area contributed by atoms with Crippen LogP contribution < -0.4 is 5.32 Å². The van der Waals surface area contributed by atoms with Crippen molar-refractivity contribution in [2.75, 3.05) is 5.32 Å². The van der Waals surface area contributed by atoms with Gasteiger partial charge in [-0.05, 0) is 74.0 Å². The summed E-state index contributed by atoms with van der Waals surface area (Å²) in [5.41, 5.74) is 3.04. The number of nitrogens with one attached hydrogen (secondary N) is 1. The average Bonchev–Trinajstić information content (AvgIpc) is 3.62. The fourth-order valence-corrected chi connectivity index (χ4v) is 8.73. The number of hydrogen-bond donors (Lipinski definition) is 1. The fourth-order valence-electron chi connectivity index (χ4n) is 7.48. The van der Waals surface area contributed by atoms with Crippen LogP contribution in [0, 0.1) is 23.7 Å². The van der Waals surface area contributed by atoms with Gasteiger partial charge >= 0.3 is 5.97 Å². The summed E-state index contributed by atoms with van der Waals surface area (Å²) in [4.78, 5) is 33.6. The van der Waals surface area contributed by atoms with Crippen LogP contribution in [-0.2, 0) is 14.3 Å². The van der Waals surface area contributed by atoms with Crippen molar-refractivity contribution in [3.8, 4) is 0 Å². The average molecular weight is 519 g/mol. The molecule has 1 saturated heterocycles. The number of nitrogens with zero attached hydrogens (tertiary/aromatic N) is 1. The van der Waals surface area contributed by atoms with E-state index >= 15 is 0 Å². The Kier molecular flexibility index (Phi) is 6.95. The van der Waals surface area contributed by atoms with E-state index in [0.29, 0.717) is 11.8 Å². The highest BCUT2D eigenvalue weighted by Crippen LogP contribution is 2.62. The van der Waals surface area contributed by atoms with Gasteiger partial charge in [0.15, 0.2) is 10.9 Å². The minimum atomic E-state index is -0.155. The standard InChI is InChI=1S/C31H38N2O3S/c1-3-20-13-8-7-10-18(2)29(35)25-16-23-21-14-9-15-22(21)30-28(27(23)24(25)17-26(34)36-20)33-31(37-30)32-19-11-5-4-6-12-19/h4-6,11-12,16,18,20-24,27H,3,7-10,13-15,17H2,1-2H3,(H,32,33)/t18-,20+,21-,22?,23?,24-,27?/m1/s1. The number of thiazole rings is 1. The van der Waals surface area contributed by atoms with E-state index in [-0.39, 0.29) is 47.9 Å². The van der Waals surface area contributed by atoms with Gasteiger partial charge in [0.2, 0.25) is 0 Å². The molecule has 1 aliphatic heterocycles. The number of ether oxygens (including phenoxy) is 1. The molecule has 7 atom stereocenters. The van der Waals surface area contributed by atoms with E-state index in [0.717, 1.165) is 54.2 Å². The number of benzene rings is 1. The second-order valence-corrected chi connectivity index (χ2v) is 12.6. The second kappa shape index (κ2) is 10.4. The van der Waals surface area contributed by atoms with Crippen LogP contribution in [0.5, 0.6) is 0 Å². The van der Waals surface area contributed by atoms with Crippen molar-refractivity contribution < 1.29 is 14.3 Å². The molecule has 6 rings (SSSR count). The highest BCUT2D eigenvalue weighted by atomic mass is 32.1. The maximum atomic E-state index is 13.8. The topological polar surface area (TPSA) is 68.3 Å². The molecule has 5 nitrogen and oxygen atoms in total. The van der Waals surface area contributed by atoms with Crippen LogP contribution in [0.4, 0.5) is 10.8 Å². The minimum Gasteiger partial charge on any atom is -0.462 e. The Morgan fingerprint density at radius 2 is 1.84 bits per heavy atom. The maximum absolute atomic E-state index is 13.8. The van der Waals surface area contributed by atoms with Crippen LogP contribution in [0.3, 0.4) is 0 Å². The number of allylic oxidation sites excluding steroid dienone is 2. The smallest absolute Gasteiger partial charge is 0.306 e. The van der Waals surface area contributed by atoms with Crippen LogP contribution >= 0.6 is 11.3 Å². The molecule has 37 heavy (non-hydrogen) atoms. The van der Waals surface area contributed by atoms with Crippen molar-refractivity contribution >= 4 is 33.9 Å². The van der Waals surface area contributed by atoms with Crippen LogP contribution in [0.25, 0.3) is 0 Å². The van der Waals surface area contributed by atoms with Crippen LogP contribution in [-0.4, -0.2) is 22.8 Å². The highest BCUT2D eigenvalue weighted by Gasteiger charge is 2.53. The lowest BCUT2D eigenvalue weighted by molar-refractivity contribution is -0.150. The molecule has 0 spiro atoms. The summed E-state index contributed by atoms with van der Waals surface area (Å²) in [7, 11) is 0. The summed E-state index contributed by atoms with van der Waals surface area (Å²) >= 11 is 1.78.